The van der Waals surface area contributed by atoms with E-state index in [2.05, 4.69) is 62.4 Å². The third kappa shape index (κ3) is 17.8. The van der Waals surface area contributed by atoms with Gasteiger partial charge in [0.15, 0.2) is 0 Å². The zero-order valence-corrected chi connectivity index (χ0v) is 33.4. The molecule has 2 saturated heterocycles. The Morgan fingerprint density at radius 1 is 0.392 bits per heavy atom. The van der Waals surface area contributed by atoms with E-state index in [1.807, 2.05) is 0 Å². The molecule has 51 heavy (non-hydrogen) atoms. The standard InChI is InChI=1S/C48H78O3/c1-3-5-7-9-11-13-15-17-19-21-23-25-27-33-41-35-29-31-37-43(41)47-45(50-47)39-49-40-46-48(51-46)44-38-32-30-36-42(44)34-28-26-24-22-20-18-16-14-12-10-8-6-4-2/h29-32,35-38,45-48H,3-28,33-34,39-40H2,1-2H3. The first-order valence-corrected chi connectivity index (χ1v) is 22.4. The van der Waals surface area contributed by atoms with E-state index in [1.54, 1.807) is 0 Å². The molecule has 2 aromatic carbocycles. The van der Waals surface area contributed by atoms with Gasteiger partial charge in [-0.15, -0.1) is 0 Å². The van der Waals surface area contributed by atoms with Crippen molar-refractivity contribution in [2.24, 2.45) is 0 Å². The van der Waals surface area contributed by atoms with Crippen molar-refractivity contribution in [3.63, 3.8) is 0 Å². The Balaban J connectivity index is 1.01. The van der Waals surface area contributed by atoms with E-state index in [9.17, 15) is 0 Å². The molecule has 2 aliphatic rings. The molecule has 0 spiro atoms. The van der Waals surface area contributed by atoms with Crippen LogP contribution in [0.15, 0.2) is 48.5 Å². The average Bonchev–Trinajstić information content (AvgIpc) is 4.09. The second-order valence-corrected chi connectivity index (χ2v) is 16.1. The van der Waals surface area contributed by atoms with E-state index >= 15 is 0 Å². The Morgan fingerprint density at radius 3 is 1.02 bits per heavy atom. The smallest absolute Gasteiger partial charge is 0.112 e. The topological polar surface area (TPSA) is 34.3 Å². The minimum Gasteiger partial charge on any atom is -0.376 e. The van der Waals surface area contributed by atoms with E-state index < -0.39 is 0 Å². The zero-order valence-electron chi connectivity index (χ0n) is 33.4. The lowest BCUT2D eigenvalue weighted by atomic mass is 9.97. The number of unbranched alkanes of at least 4 members (excludes halogenated alkanes) is 24. The van der Waals surface area contributed by atoms with E-state index in [1.165, 1.54) is 189 Å². The van der Waals surface area contributed by atoms with Gasteiger partial charge in [0.1, 0.15) is 24.4 Å². The van der Waals surface area contributed by atoms with Gasteiger partial charge in [0.2, 0.25) is 0 Å². The van der Waals surface area contributed by atoms with E-state index in [0.717, 1.165) is 12.8 Å². The highest BCUT2D eigenvalue weighted by Crippen LogP contribution is 2.43. The fourth-order valence-electron chi connectivity index (χ4n) is 8.13. The summed E-state index contributed by atoms with van der Waals surface area (Å²) < 4.78 is 18.5. The molecular formula is C48H78O3. The van der Waals surface area contributed by atoms with Gasteiger partial charge in [0, 0.05) is 0 Å². The Kier molecular flexibility index (Phi) is 22.3. The normalized spacial score (nSPS) is 19.5. The summed E-state index contributed by atoms with van der Waals surface area (Å²) in [4.78, 5) is 0. The molecule has 2 aliphatic heterocycles. The minimum atomic E-state index is 0.179. The summed E-state index contributed by atoms with van der Waals surface area (Å²) in [6.07, 6.45) is 39.5. The largest absolute Gasteiger partial charge is 0.376 e. The molecule has 2 fully saturated rings. The molecule has 0 radical (unpaired) electrons. The van der Waals surface area contributed by atoms with Crippen LogP contribution in [0, 0.1) is 0 Å². The van der Waals surface area contributed by atoms with Crippen LogP contribution >= 0.6 is 0 Å². The molecule has 0 aliphatic carbocycles. The van der Waals surface area contributed by atoms with Crippen molar-refractivity contribution in [1.29, 1.82) is 0 Å². The van der Waals surface area contributed by atoms with Crippen LogP contribution in [0.4, 0.5) is 0 Å². The Bertz CT molecular complexity index is 1040. The van der Waals surface area contributed by atoms with E-state index in [0.29, 0.717) is 13.2 Å². The number of rotatable bonds is 34. The first kappa shape index (κ1) is 42.1. The monoisotopic (exact) mass is 703 g/mol. The number of hydrogen-bond donors (Lipinski definition) is 0. The van der Waals surface area contributed by atoms with Gasteiger partial charge in [0.05, 0.1) is 13.2 Å². The highest BCUT2D eigenvalue weighted by Gasteiger charge is 2.44. The van der Waals surface area contributed by atoms with Crippen molar-refractivity contribution in [1.82, 2.24) is 0 Å². The molecule has 0 N–H and O–H groups in total. The lowest BCUT2D eigenvalue weighted by Crippen LogP contribution is -2.09. The highest BCUT2D eigenvalue weighted by atomic mass is 16.6. The lowest BCUT2D eigenvalue weighted by Gasteiger charge is -2.08. The molecule has 0 aromatic heterocycles. The lowest BCUT2D eigenvalue weighted by molar-refractivity contribution is 0.102. The summed E-state index contributed by atoms with van der Waals surface area (Å²) in [6.45, 7) is 5.91. The van der Waals surface area contributed by atoms with E-state index in [-0.39, 0.29) is 24.4 Å². The third-order valence-electron chi connectivity index (χ3n) is 11.6. The molecule has 0 saturated carbocycles. The molecule has 2 aromatic rings. The maximum absolute atomic E-state index is 6.18. The van der Waals surface area contributed by atoms with Gasteiger partial charge in [-0.2, -0.15) is 0 Å². The van der Waals surface area contributed by atoms with Crippen LogP contribution in [0.1, 0.15) is 215 Å². The second-order valence-electron chi connectivity index (χ2n) is 16.1. The zero-order chi connectivity index (χ0) is 35.6. The molecule has 4 rings (SSSR count). The molecule has 0 bridgehead atoms. The van der Waals surface area contributed by atoms with Crippen LogP contribution in [0.2, 0.25) is 0 Å². The maximum Gasteiger partial charge on any atom is 0.112 e. The minimum absolute atomic E-state index is 0.179. The van der Waals surface area contributed by atoms with Crippen LogP contribution in [-0.4, -0.2) is 25.4 Å². The summed E-state index contributed by atoms with van der Waals surface area (Å²) in [7, 11) is 0. The SMILES string of the molecule is CCCCCCCCCCCCCCCc1ccccc1C1OC1COCC1OC1c1ccccc1CCCCCCCCCCCCCCC. The van der Waals surface area contributed by atoms with Crippen molar-refractivity contribution in [2.45, 2.75) is 218 Å². The van der Waals surface area contributed by atoms with Gasteiger partial charge < -0.3 is 14.2 Å². The summed E-state index contributed by atoms with van der Waals surface area (Å²) in [5, 5.41) is 0. The maximum atomic E-state index is 6.18. The molecule has 2 heterocycles. The molecule has 3 nitrogen and oxygen atoms in total. The van der Waals surface area contributed by atoms with Crippen molar-refractivity contribution < 1.29 is 14.2 Å². The first-order chi connectivity index (χ1) is 25.3. The number of ether oxygens (including phenoxy) is 3. The van der Waals surface area contributed by atoms with Crippen LogP contribution in [-0.2, 0) is 27.1 Å². The molecule has 3 heteroatoms. The quantitative estimate of drug-likeness (QED) is 0.0538. The molecule has 288 valence electrons. The Morgan fingerprint density at radius 2 is 0.686 bits per heavy atom. The fraction of sp³-hybridized carbons (Fsp3) is 0.750. The van der Waals surface area contributed by atoms with Gasteiger partial charge >= 0.3 is 0 Å². The van der Waals surface area contributed by atoms with Crippen LogP contribution in [0.3, 0.4) is 0 Å². The summed E-state index contributed by atoms with van der Waals surface area (Å²) in [5.74, 6) is 0. The van der Waals surface area contributed by atoms with Crippen LogP contribution < -0.4 is 0 Å². The van der Waals surface area contributed by atoms with Gasteiger partial charge in [0.25, 0.3) is 0 Å². The molecule has 4 unspecified atom stereocenters. The highest BCUT2D eigenvalue weighted by molar-refractivity contribution is 5.33. The number of hydrogen-bond acceptors (Lipinski definition) is 3. The Labute approximate surface area is 315 Å². The van der Waals surface area contributed by atoms with Crippen molar-refractivity contribution in [3.8, 4) is 0 Å². The molecule has 4 atom stereocenters. The molecule has 0 amide bonds. The average molecular weight is 703 g/mol. The van der Waals surface area contributed by atoms with Gasteiger partial charge in [-0.25, -0.2) is 0 Å². The van der Waals surface area contributed by atoms with Crippen molar-refractivity contribution >= 4 is 0 Å². The molecular weight excluding hydrogens is 625 g/mol. The van der Waals surface area contributed by atoms with Crippen molar-refractivity contribution in [3.05, 3.63) is 70.8 Å². The Hall–Kier alpha value is -1.68. The fourth-order valence-corrected chi connectivity index (χ4v) is 8.13. The van der Waals surface area contributed by atoms with E-state index in [4.69, 9.17) is 14.2 Å². The second kappa shape index (κ2) is 27.0. The summed E-state index contributed by atoms with van der Waals surface area (Å²) in [5.41, 5.74) is 5.71. The first-order valence-electron chi connectivity index (χ1n) is 22.4. The van der Waals surface area contributed by atoms with Gasteiger partial charge in [-0.1, -0.05) is 216 Å². The number of epoxide rings is 2. The predicted molar refractivity (Wildman–Crippen MR) is 218 cm³/mol. The van der Waals surface area contributed by atoms with Crippen molar-refractivity contribution in [2.75, 3.05) is 13.2 Å². The number of aryl methyl sites for hydroxylation is 2. The van der Waals surface area contributed by atoms with Gasteiger partial charge in [-0.05, 0) is 47.9 Å². The summed E-state index contributed by atoms with van der Waals surface area (Å²) >= 11 is 0. The third-order valence-corrected chi connectivity index (χ3v) is 11.6. The number of benzene rings is 2. The van der Waals surface area contributed by atoms with Crippen LogP contribution in [0.25, 0.3) is 0 Å². The van der Waals surface area contributed by atoms with Gasteiger partial charge in [-0.3, -0.25) is 0 Å². The predicted octanol–water partition coefficient (Wildman–Crippen LogP) is 14.6. The summed E-state index contributed by atoms with van der Waals surface area (Å²) in [6, 6.07) is 17.9. The van der Waals surface area contributed by atoms with Crippen LogP contribution in [0.5, 0.6) is 0 Å².